The summed E-state index contributed by atoms with van der Waals surface area (Å²) in [4.78, 5) is 4.56. The maximum atomic E-state index is 12.6. The van der Waals surface area contributed by atoms with E-state index in [-0.39, 0.29) is 10.8 Å². The van der Waals surface area contributed by atoms with Crippen LogP contribution in [0.3, 0.4) is 0 Å². The zero-order valence-corrected chi connectivity index (χ0v) is 13.8. The predicted molar refractivity (Wildman–Crippen MR) is 82.4 cm³/mol. The van der Waals surface area contributed by atoms with Crippen molar-refractivity contribution in [1.82, 2.24) is 29.3 Å². The SMILES string of the molecule is Cc1nc(C2CN(S(=O)(=O)c3cnn(C4CCCC4)c3)C2)n[nH]1. The van der Waals surface area contributed by atoms with Crippen molar-refractivity contribution in [2.45, 2.75) is 49.5 Å². The van der Waals surface area contributed by atoms with Crippen LogP contribution in [0.15, 0.2) is 17.3 Å². The zero-order valence-electron chi connectivity index (χ0n) is 13.0. The molecule has 9 heteroatoms. The minimum absolute atomic E-state index is 0.0691. The van der Waals surface area contributed by atoms with Gasteiger partial charge < -0.3 is 0 Å². The van der Waals surface area contributed by atoms with Gasteiger partial charge >= 0.3 is 0 Å². The minimum Gasteiger partial charge on any atom is -0.268 e. The Labute approximate surface area is 135 Å². The number of aryl methyl sites for hydroxylation is 1. The number of sulfonamides is 1. The Morgan fingerprint density at radius 2 is 2.00 bits per heavy atom. The Hall–Kier alpha value is -1.74. The molecular formula is C14H20N6O2S. The number of hydrogen-bond acceptors (Lipinski definition) is 5. The minimum atomic E-state index is -3.46. The Morgan fingerprint density at radius 3 is 2.65 bits per heavy atom. The molecule has 124 valence electrons. The third-order valence-electron chi connectivity index (χ3n) is 4.74. The third-order valence-corrected chi connectivity index (χ3v) is 6.53. The standard InChI is InChI=1S/C14H20N6O2S/c1-10-16-14(18-17-10)11-7-19(8-11)23(21,22)13-6-15-20(9-13)12-4-2-3-5-12/h6,9,11-12H,2-5,7-8H2,1H3,(H,16,17,18). The van der Waals surface area contributed by atoms with Crippen molar-refractivity contribution in [3.63, 3.8) is 0 Å². The largest absolute Gasteiger partial charge is 0.268 e. The van der Waals surface area contributed by atoms with E-state index >= 15 is 0 Å². The van der Waals surface area contributed by atoms with Crippen molar-refractivity contribution in [3.8, 4) is 0 Å². The lowest BCUT2D eigenvalue weighted by molar-refractivity contribution is 0.256. The van der Waals surface area contributed by atoms with Gasteiger partial charge in [0.2, 0.25) is 10.0 Å². The maximum Gasteiger partial charge on any atom is 0.246 e. The summed E-state index contributed by atoms with van der Waals surface area (Å²) < 4.78 is 28.6. The van der Waals surface area contributed by atoms with Crippen molar-refractivity contribution in [1.29, 1.82) is 0 Å². The van der Waals surface area contributed by atoms with Gasteiger partial charge in [0.25, 0.3) is 0 Å². The van der Waals surface area contributed by atoms with Crippen LogP contribution in [0.2, 0.25) is 0 Å². The average Bonchev–Trinajstić information content (AvgIpc) is 3.17. The van der Waals surface area contributed by atoms with Crippen molar-refractivity contribution < 1.29 is 8.42 Å². The van der Waals surface area contributed by atoms with Crippen LogP contribution in [0.25, 0.3) is 0 Å². The lowest BCUT2D eigenvalue weighted by Crippen LogP contribution is -2.48. The first kappa shape index (κ1) is 14.8. The van der Waals surface area contributed by atoms with E-state index < -0.39 is 10.0 Å². The van der Waals surface area contributed by atoms with Crippen LogP contribution >= 0.6 is 0 Å². The summed E-state index contributed by atoms with van der Waals surface area (Å²) in [6, 6.07) is 0.347. The van der Waals surface area contributed by atoms with Gasteiger partial charge in [0, 0.05) is 25.2 Å². The summed E-state index contributed by atoms with van der Waals surface area (Å²) in [5.74, 6) is 1.51. The summed E-state index contributed by atoms with van der Waals surface area (Å²) >= 11 is 0. The van der Waals surface area contributed by atoms with Crippen LogP contribution in [-0.2, 0) is 10.0 Å². The van der Waals surface area contributed by atoms with Crippen molar-refractivity contribution >= 4 is 10.0 Å². The summed E-state index contributed by atoms with van der Waals surface area (Å²) in [5.41, 5.74) is 0. The lowest BCUT2D eigenvalue weighted by Gasteiger charge is -2.35. The Morgan fingerprint density at radius 1 is 1.26 bits per heavy atom. The highest BCUT2D eigenvalue weighted by molar-refractivity contribution is 7.89. The smallest absolute Gasteiger partial charge is 0.246 e. The molecule has 1 N–H and O–H groups in total. The first-order valence-corrected chi connectivity index (χ1v) is 9.41. The molecule has 2 aliphatic rings. The van der Waals surface area contributed by atoms with Gasteiger partial charge in [0.15, 0.2) is 5.82 Å². The molecule has 2 fully saturated rings. The molecule has 0 amide bonds. The van der Waals surface area contributed by atoms with Crippen molar-refractivity contribution in [2.24, 2.45) is 0 Å². The first-order valence-electron chi connectivity index (χ1n) is 7.97. The van der Waals surface area contributed by atoms with Crippen molar-refractivity contribution in [3.05, 3.63) is 24.0 Å². The van der Waals surface area contributed by atoms with Gasteiger partial charge in [-0.2, -0.15) is 14.5 Å². The highest BCUT2D eigenvalue weighted by Crippen LogP contribution is 2.32. The highest BCUT2D eigenvalue weighted by Gasteiger charge is 2.40. The second-order valence-electron chi connectivity index (χ2n) is 6.39. The van der Waals surface area contributed by atoms with Gasteiger partial charge in [0.05, 0.1) is 12.2 Å². The van der Waals surface area contributed by atoms with E-state index in [1.54, 1.807) is 6.20 Å². The fraction of sp³-hybridized carbons (Fsp3) is 0.643. The van der Waals surface area contributed by atoms with Crippen LogP contribution in [0.4, 0.5) is 0 Å². The average molecular weight is 336 g/mol. The second-order valence-corrected chi connectivity index (χ2v) is 8.33. The summed E-state index contributed by atoms with van der Waals surface area (Å²) in [6.07, 6.45) is 7.69. The molecule has 2 aromatic rings. The molecule has 0 spiro atoms. The molecule has 3 heterocycles. The van der Waals surface area contributed by atoms with Gasteiger partial charge in [-0.05, 0) is 19.8 Å². The molecule has 1 saturated heterocycles. The number of hydrogen-bond donors (Lipinski definition) is 1. The molecule has 0 bridgehead atoms. The van der Waals surface area contributed by atoms with E-state index in [9.17, 15) is 8.42 Å². The van der Waals surface area contributed by atoms with Crippen LogP contribution in [-0.4, -0.2) is 50.8 Å². The van der Waals surface area contributed by atoms with Crippen molar-refractivity contribution in [2.75, 3.05) is 13.1 Å². The fourth-order valence-corrected chi connectivity index (χ4v) is 4.78. The van der Waals surface area contributed by atoms with Crippen LogP contribution < -0.4 is 0 Å². The molecule has 0 unspecified atom stereocenters. The molecule has 8 nitrogen and oxygen atoms in total. The van der Waals surface area contributed by atoms with Gasteiger partial charge in [-0.3, -0.25) is 9.78 Å². The molecule has 1 aliphatic heterocycles. The van der Waals surface area contributed by atoms with Gasteiger partial charge in [-0.15, -0.1) is 0 Å². The number of aromatic nitrogens is 5. The maximum absolute atomic E-state index is 12.6. The van der Waals surface area contributed by atoms with E-state index in [0.29, 0.717) is 25.0 Å². The van der Waals surface area contributed by atoms with Gasteiger partial charge in [0.1, 0.15) is 10.7 Å². The molecular weight excluding hydrogens is 316 g/mol. The molecule has 4 rings (SSSR count). The number of aromatic amines is 1. The summed E-state index contributed by atoms with van der Waals surface area (Å²) in [7, 11) is -3.46. The molecule has 0 aromatic carbocycles. The van der Waals surface area contributed by atoms with E-state index in [1.165, 1.54) is 23.3 Å². The number of nitrogens with zero attached hydrogens (tertiary/aromatic N) is 5. The molecule has 23 heavy (non-hydrogen) atoms. The second kappa shape index (κ2) is 5.41. The predicted octanol–water partition coefficient (Wildman–Crippen LogP) is 1.21. The fourth-order valence-electron chi connectivity index (χ4n) is 3.31. The van der Waals surface area contributed by atoms with Crippen LogP contribution in [0, 0.1) is 6.92 Å². The van der Waals surface area contributed by atoms with E-state index in [0.717, 1.165) is 18.7 Å². The van der Waals surface area contributed by atoms with Gasteiger partial charge in [-0.1, -0.05) is 12.8 Å². The summed E-state index contributed by atoms with van der Waals surface area (Å²) in [5, 5.41) is 11.2. The van der Waals surface area contributed by atoms with E-state index in [4.69, 9.17) is 0 Å². The Bertz CT molecular complexity index is 799. The third kappa shape index (κ3) is 2.57. The molecule has 1 saturated carbocycles. The highest BCUT2D eigenvalue weighted by atomic mass is 32.2. The Kier molecular flexibility index (Phi) is 3.49. The topological polar surface area (TPSA) is 96.8 Å². The molecule has 2 aromatic heterocycles. The van der Waals surface area contributed by atoms with E-state index in [1.807, 2.05) is 11.6 Å². The number of H-pyrrole nitrogens is 1. The first-order chi connectivity index (χ1) is 11.0. The summed E-state index contributed by atoms with van der Waals surface area (Å²) in [6.45, 7) is 2.68. The van der Waals surface area contributed by atoms with E-state index in [2.05, 4.69) is 20.3 Å². The molecule has 0 atom stereocenters. The normalized spacial score (nSPS) is 20.9. The lowest BCUT2D eigenvalue weighted by atomic mass is 10.0. The Balaban J connectivity index is 1.46. The quantitative estimate of drug-likeness (QED) is 0.905. The number of nitrogens with one attached hydrogen (secondary N) is 1. The monoisotopic (exact) mass is 336 g/mol. The zero-order chi connectivity index (χ0) is 16.0. The molecule has 1 aliphatic carbocycles. The molecule has 0 radical (unpaired) electrons. The van der Waals surface area contributed by atoms with Crippen LogP contribution in [0.1, 0.15) is 49.3 Å². The number of rotatable bonds is 4. The van der Waals surface area contributed by atoms with Gasteiger partial charge in [-0.25, -0.2) is 13.4 Å². The van der Waals surface area contributed by atoms with Crippen LogP contribution in [0.5, 0.6) is 0 Å².